The second-order valence-corrected chi connectivity index (χ2v) is 6.77. The topological polar surface area (TPSA) is 37.3 Å². The summed E-state index contributed by atoms with van der Waals surface area (Å²) >= 11 is 0. The van der Waals surface area contributed by atoms with Crippen molar-refractivity contribution in [1.29, 1.82) is 0 Å². The second-order valence-electron chi connectivity index (χ2n) is 6.77. The van der Waals surface area contributed by atoms with Gasteiger partial charge in [0.2, 0.25) is 0 Å². The van der Waals surface area contributed by atoms with E-state index in [1.165, 1.54) is 16.7 Å². The first kappa shape index (κ1) is 15.7. The van der Waals surface area contributed by atoms with Gasteiger partial charge in [0.25, 0.3) is 0 Å². The predicted molar refractivity (Wildman–Crippen MR) is 79.7 cm³/mol. The summed E-state index contributed by atoms with van der Waals surface area (Å²) in [4.78, 5) is 11.1. The van der Waals surface area contributed by atoms with E-state index < -0.39 is 5.97 Å². The van der Waals surface area contributed by atoms with Crippen molar-refractivity contribution in [3.63, 3.8) is 0 Å². The van der Waals surface area contributed by atoms with Crippen molar-refractivity contribution in [3.05, 3.63) is 34.9 Å². The van der Waals surface area contributed by atoms with Gasteiger partial charge < -0.3 is 5.11 Å². The number of aryl methyl sites for hydroxylation is 1. The van der Waals surface area contributed by atoms with Gasteiger partial charge >= 0.3 is 5.97 Å². The van der Waals surface area contributed by atoms with Crippen LogP contribution in [0.5, 0.6) is 0 Å². The molecule has 0 heterocycles. The van der Waals surface area contributed by atoms with Crippen LogP contribution in [0.3, 0.4) is 0 Å². The van der Waals surface area contributed by atoms with Crippen molar-refractivity contribution in [2.24, 2.45) is 5.92 Å². The Bertz CT molecular complexity index is 453. The quantitative estimate of drug-likeness (QED) is 0.867. The first-order chi connectivity index (χ1) is 8.62. The van der Waals surface area contributed by atoms with E-state index in [9.17, 15) is 4.79 Å². The van der Waals surface area contributed by atoms with E-state index in [0.717, 1.165) is 0 Å². The molecule has 0 saturated carbocycles. The third-order valence-electron chi connectivity index (χ3n) is 3.74. The number of carbonyl (C=O) groups is 1. The SMILES string of the molecule is Cc1ccc(C(C)(C)C)cc1C(CC(=O)O)C(C)C. The summed E-state index contributed by atoms with van der Waals surface area (Å²) in [6, 6.07) is 6.47. The number of carboxylic acids is 1. The molecular weight excluding hydrogens is 236 g/mol. The third-order valence-corrected chi connectivity index (χ3v) is 3.74. The fraction of sp³-hybridized carbons (Fsp3) is 0.588. The standard InChI is InChI=1S/C17H26O2/c1-11(2)14(10-16(18)19)15-9-13(17(4,5)6)8-7-12(15)3/h7-9,11,14H,10H2,1-6H3,(H,18,19). The van der Waals surface area contributed by atoms with Gasteiger partial charge in [-0.2, -0.15) is 0 Å². The first-order valence-corrected chi connectivity index (χ1v) is 6.95. The van der Waals surface area contributed by atoms with Crippen LogP contribution in [-0.4, -0.2) is 11.1 Å². The Morgan fingerprint density at radius 2 is 1.84 bits per heavy atom. The third kappa shape index (κ3) is 4.09. The monoisotopic (exact) mass is 262 g/mol. The zero-order valence-electron chi connectivity index (χ0n) is 12.9. The van der Waals surface area contributed by atoms with E-state index in [0.29, 0.717) is 5.92 Å². The van der Waals surface area contributed by atoms with Crippen LogP contribution in [-0.2, 0) is 10.2 Å². The zero-order valence-corrected chi connectivity index (χ0v) is 12.9. The van der Waals surface area contributed by atoms with Gasteiger partial charge in [-0.1, -0.05) is 52.8 Å². The summed E-state index contributed by atoms with van der Waals surface area (Å²) in [5.41, 5.74) is 3.73. The summed E-state index contributed by atoms with van der Waals surface area (Å²) in [5.74, 6) is -0.316. The van der Waals surface area contributed by atoms with Crippen molar-refractivity contribution in [3.8, 4) is 0 Å². The van der Waals surface area contributed by atoms with Crippen molar-refractivity contribution >= 4 is 5.97 Å². The summed E-state index contributed by atoms with van der Waals surface area (Å²) < 4.78 is 0. The summed E-state index contributed by atoms with van der Waals surface area (Å²) in [6.07, 6.45) is 0.200. The minimum absolute atomic E-state index is 0.0831. The molecular formula is C17H26O2. The molecule has 106 valence electrons. The largest absolute Gasteiger partial charge is 0.481 e. The van der Waals surface area contributed by atoms with Crippen LogP contribution in [0.25, 0.3) is 0 Å². The van der Waals surface area contributed by atoms with Gasteiger partial charge in [-0.05, 0) is 40.9 Å². The average Bonchev–Trinajstić information content (AvgIpc) is 2.24. The lowest BCUT2D eigenvalue weighted by atomic mass is 9.79. The predicted octanol–water partition coefficient (Wildman–Crippen LogP) is 4.51. The molecule has 0 bridgehead atoms. The molecule has 1 N–H and O–H groups in total. The van der Waals surface area contributed by atoms with E-state index in [4.69, 9.17) is 5.11 Å². The maximum atomic E-state index is 11.1. The highest BCUT2D eigenvalue weighted by molar-refractivity contribution is 5.68. The Labute approximate surface area is 116 Å². The molecule has 0 aliphatic carbocycles. The average molecular weight is 262 g/mol. The maximum Gasteiger partial charge on any atom is 0.303 e. The van der Waals surface area contributed by atoms with Crippen LogP contribution in [0.4, 0.5) is 0 Å². The zero-order chi connectivity index (χ0) is 14.8. The normalized spacial score (nSPS) is 13.6. The highest BCUT2D eigenvalue weighted by Gasteiger charge is 2.23. The fourth-order valence-electron chi connectivity index (χ4n) is 2.40. The van der Waals surface area contributed by atoms with Crippen molar-refractivity contribution in [1.82, 2.24) is 0 Å². The van der Waals surface area contributed by atoms with Crippen LogP contribution in [0.1, 0.15) is 63.6 Å². The molecule has 2 heteroatoms. The van der Waals surface area contributed by atoms with Gasteiger partial charge in [-0.15, -0.1) is 0 Å². The number of carboxylic acid groups (broad SMARTS) is 1. The highest BCUT2D eigenvalue weighted by Crippen LogP contribution is 2.33. The van der Waals surface area contributed by atoms with E-state index in [1.54, 1.807) is 0 Å². The van der Waals surface area contributed by atoms with Gasteiger partial charge in [-0.25, -0.2) is 0 Å². The molecule has 19 heavy (non-hydrogen) atoms. The maximum absolute atomic E-state index is 11.1. The molecule has 1 aromatic carbocycles. The van der Waals surface area contributed by atoms with Gasteiger partial charge in [0, 0.05) is 0 Å². The Kier molecular flexibility index (Phi) is 4.78. The molecule has 0 radical (unpaired) electrons. The molecule has 0 fully saturated rings. The van der Waals surface area contributed by atoms with E-state index in [2.05, 4.69) is 59.7 Å². The summed E-state index contributed by atoms with van der Waals surface area (Å²) in [6.45, 7) is 12.8. The lowest BCUT2D eigenvalue weighted by molar-refractivity contribution is -0.137. The number of hydrogen-bond donors (Lipinski definition) is 1. The minimum Gasteiger partial charge on any atom is -0.481 e. The molecule has 0 aromatic heterocycles. The Balaban J connectivity index is 3.25. The first-order valence-electron chi connectivity index (χ1n) is 6.95. The lowest BCUT2D eigenvalue weighted by Crippen LogP contribution is -2.16. The van der Waals surface area contributed by atoms with Gasteiger partial charge in [-0.3, -0.25) is 4.79 Å². The lowest BCUT2D eigenvalue weighted by Gasteiger charge is -2.26. The van der Waals surface area contributed by atoms with E-state index in [-0.39, 0.29) is 17.8 Å². The molecule has 0 saturated heterocycles. The molecule has 0 spiro atoms. The second kappa shape index (κ2) is 5.77. The Morgan fingerprint density at radius 3 is 2.26 bits per heavy atom. The van der Waals surface area contributed by atoms with Crippen molar-refractivity contribution in [2.75, 3.05) is 0 Å². The molecule has 1 aromatic rings. The number of hydrogen-bond acceptors (Lipinski definition) is 1. The molecule has 2 nitrogen and oxygen atoms in total. The van der Waals surface area contributed by atoms with Crippen LogP contribution in [0.15, 0.2) is 18.2 Å². The minimum atomic E-state index is -0.723. The van der Waals surface area contributed by atoms with Crippen LogP contribution >= 0.6 is 0 Å². The number of aliphatic carboxylic acids is 1. The van der Waals surface area contributed by atoms with Gasteiger partial charge in [0.15, 0.2) is 0 Å². The van der Waals surface area contributed by atoms with E-state index in [1.807, 2.05) is 0 Å². The molecule has 1 rings (SSSR count). The summed E-state index contributed by atoms with van der Waals surface area (Å²) in [7, 11) is 0. The molecule has 1 atom stereocenters. The molecule has 0 amide bonds. The van der Waals surface area contributed by atoms with Gasteiger partial charge in [0.05, 0.1) is 6.42 Å². The Hall–Kier alpha value is -1.31. The summed E-state index contributed by atoms with van der Waals surface area (Å²) in [5, 5.41) is 9.11. The number of rotatable bonds is 4. The Morgan fingerprint density at radius 1 is 1.26 bits per heavy atom. The van der Waals surface area contributed by atoms with Crippen LogP contribution in [0, 0.1) is 12.8 Å². The van der Waals surface area contributed by atoms with Crippen molar-refractivity contribution < 1.29 is 9.90 Å². The van der Waals surface area contributed by atoms with Crippen molar-refractivity contribution in [2.45, 2.75) is 59.3 Å². The molecule has 0 aliphatic heterocycles. The van der Waals surface area contributed by atoms with Crippen LogP contribution in [0.2, 0.25) is 0 Å². The van der Waals surface area contributed by atoms with E-state index >= 15 is 0 Å². The highest BCUT2D eigenvalue weighted by atomic mass is 16.4. The fourth-order valence-corrected chi connectivity index (χ4v) is 2.40. The van der Waals surface area contributed by atoms with Crippen LogP contribution < -0.4 is 0 Å². The molecule has 1 unspecified atom stereocenters. The number of benzene rings is 1. The molecule has 0 aliphatic rings. The smallest absolute Gasteiger partial charge is 0.303 e. The van der Waals surface area contributed by atoms with Gasteiger partial charge in [0.1, 0.15) is 0 Å².